The Morgan fingerprint density at radius 2 is 1.76 bits per heavy atom. The lowest BCUT2D eigenvalue weighted by Crippen LogP contribution is -2.18. The zero-order valence-electron chi connectivity index (χ0n) is 14.5. The topological polar surface area (TPSA) is 41.6 Å². The van der Waals surface area contributed by atoms with Crippen LogP contribution in [0.1, 0.15) is 18.4 Å². The fourth-order valence-corrected chi connectivity index (χ4v) is 3.61. The fraction of sp³-hybridized carbons (Fsp3) is 0.350. The number of amides is 1. The molecule has 1 aliphatic rings. The van der Waals surface area contributed by atoms with Gasteiger partial charge in [0, 0.05) is 17.1 Å². The predicted octanol–water partition coefficient (Wildman–Crippen LogP) is 4.02. The van der Waals surface area contributed by atoms with Crippen LogP contribution >= 0.6 is 11.8 Å². The Kier molecular flexibility index (Phi) is 6.36. The molecule has 1 amide bonds. The highest BCUT2D eigenvalue weighted by Gasteiger charge is 2.11. The number of carbonyl (C=O) groups excluding carboxylic acids is 1. The second-order valence-corrected chi connectivity index (χ2v) is 7.24. The first-order valence-corrected chi connectivity index (χ1v) is 9.59. The van der Waals surface area contributed by atoms with Crippen LogP contribution in [0.4, 0.5) is 5.69 Å². The molecule has 0 bridgehead atoms. The van der Waals surface area contributed by atoms with Gasteiger partial charge in [-0.15, -0.1) is 11.8 Å². The molecular formula is C20H24N2O2S. The van der Waals surface area contributed by atoms with Gasteiger partial charge in [0.2, 0.25) is 5.91 Å². The standard InChI is InChI=1S/C20H24N2O2S/c1-24-18-8-10-19(11-9-18)25-15-20(23)21-17-6-4-16(5-7-17)14-22-12-2-3-13-22/h4-11H,2-3,12-15H2,1H3,(H,21,23). The Hall–Kier alpha value is -1.98. The van der Waals surface area contributed by atoms with Gasteiger partial charge in [0.15, 0.2) is 0 Å². The van der Waals surface area contributed by atoms with Crippen LogP contribution in [0, 0.1) is 0 Å². The van der Waals surface area contributed by atoms with Crippen LogP contribution in [0.3, 0.4) is 0 Å². The molecule has 5 heteroatoms. The smallest absolute Gasteiger partial charge is 0.234 e. The van der Waals surface area contributed by atoms with E-state index in [1.165, 1.54) is 43.3 Å². The molecule has 2 aromatic carbocycles. The molecule has 3 rings (SSSR count). The number of nitrogens with zero attached hydrogens (tertiary/aromatic N) is 1. The normalized spacial score (nSPS) is 14.4. The van der Waals surface area contributed by atoms with Crippen molar-refractivity contribution in [3.63, 3.8) is 0 Å². The summed E-state index contributed by atoms with van der Waals surface area (Å²) in [7, 11) is 1.64. The second-order valence-electron chi connectivity index (χ2n) is 6.19. The number of rotatable bonds is 7. The van der Waals surface area contributed by atoms with Gasteiger partial charge in [0.1, 0.15) is 5.75 Å². The van der Waals surface area contributed by atoms with Crippen LogP contribution in [0.5, 0.6) is 5.75 Å². The quantitative estimate of drug-likeness (QED) is 0.761. The molecule has 0 atom stereocenters. The average Bonchev–Trinajstić information content (AvgIpc) is 3.15. The van der Waals surface area contributed by atoms with Crippen molar-refractivity contribution in [3.05, 3.63) is 54.1 Å². The molecule has 132 valence electrons. The van der Waals surface area contributed by atoms with E-state index in [0.717, 1.165) is 22.9 Å². The highest BCUT2D eigenvalue weighted by atomic mass is 32.2. The molecule has 0 radical (unpaired) electrons. The van der Waals surface area contributed by atoms with Crippen LogP contribution in [-0.2, 0) is 11.3 Å². The molecule has 0 aromatic heterocycles. The third-order valence-corrected chi connectivity index (χ3v) is 5.28. The number of benzene rings is 2. The number of carbonyl (C=O) groups is 1. The van der Waals surface area contributed by atoms with E-state index in [2.05, 4.69) is 22.3 Å². The van der Waals surface area contributed by atoms with Gasteiger partial charge in [-0.1, -0.05) is 12.1 Å². The number of thioether (sulfide) groups is 1. The van der Waals surface area contributed by atoms with Gasteiger partial charge in [0.05, 0.1) is 12.9 Å². The Labute approximate surface area is 153 Å². The van der Waals surface area contributed by atoms with Crippen molar-refractivity contribution in [2.75, 3.05) is 31.3 Å². The number of nitrogens with one attached hydrogen (secondary N) is 1. The Balaban J connectivity index is 1.45. The van der Waals surface area contributed by atoms with Crippen molar-refractivity contribution in [1.82, 2.24) is 4.90 Å². The Bertz CT molecular complexity index is 680. The highest BCUT2D eigenvalue weighted by molar-refractivity contribution is 8.00. The zero-order chi connectivity index (χ0) is 17.5. The lowest BCUT2D eigenvalue weighted by molar-refractivity contribution is -0.113. The summed E-state index contributed by atoms with van der Waals surface area (Å²) < 4.78 is 5.13. The van der Waals surface area contributed by atoms with E-state index in [1.807, 2.05) is 36.4 Å². The molecular weight excluding hydrogens is 332 g/mol. The summed E-state index contributed by atoms with van der Waals surface area (Å²) in [5, 5.41) is 2.96. The fourth-order valence-electron chi connectivity index (χ4n) is 2.91. The first-order chi connectivity index (χ1) is 12.2. The molecule has 1 aliphatic heterocycles. The van der Waals surface area contributed by atoms with E-state index in [-0.39, 0.29) is 5.91 Å². The van der Waals surface area contributed by atoms with Crippen molar-refractivity contribution in [2.24, 2.45) is 0 Å². The molecule has 0 saturated carbocycles. The first-order valence-electron chi connectivity index (χ1n) is 8.61. The second kappa shape index (κ2) is 8.92. The zero-order valence-corrected chi connectivity index (χ0v) is 15.3. The first kappa shape index (κ1) is 17.8. The van der Waals surface area contributed by atoms with E-state index < -0.39 is 0 Å². The summed E-state index contributed by atoms with van der Waals surface area (Å²) in [6, 6.07) is 15.9. The maximum atomic E-state index is 12.1. The minimum absolute atomic E-state index is 0.00751. The number of hydrogen-bond donors (Lipinski definition) is 1. The molecule has 2 aromatic rings. The summed E-state index contributed by atoms with van der Waals surface area (Å²) in [5.74, 6) is 1.22. The Morgan fingerprint density at radius 1 is 1.08 bits per heavy atom. The summed E-state index contributed by atoms with van der Waals surface area (Å²) in [5.41, 5.74) is 2.15. The largest absolute Gasteiger partial charge is 0.497 e. The summed E-state index contributed by atoms with van der Waals surface area (Å²) in [6.45, 7) is 3.39. The summed E-state index contributed by atoms with van der Waals surface area (Å²) >= 11 is 1.52. The van der Waals surface area contributed by atoms with Gasteiger partial charge in [0.25, 0.3) is 0 Å². The third kappa shape index (κ3) is 5.51. The van der Waals surface area contributed by atoms with Crippen LogP contribution in [-0.4, -0.2) is 36.8 Å². The van der Waals surface area contributed by atoms with Gasteiger partial charge < -0.3 is 10.1 Å². The molecule has 0 unspecified atom stereocenters. The molecule has 1 N–H and O–H groups in total. The molecule has 0 spiro atoms. The maximum absolute atomic E-state index is 12.1. The lowest BCUT2D eigenvalue weighted by atomic mass is 10.2. The van der Waals surface area contributed by atoms with Gasteiger partial charge in [-0.25, -0.2) is 0 Å². The predicted molar refractivity (Wildman–Crippen MR) is 103 cm³/mol. The molecule has 1 fully saturated rings. The molecule has 4 nitrogen and oxygen atoms in total. The van der Waals surface area contributed by atoms with Crippen LogP contribution in [0.15, 0.2) is 53.4 Å². The van der Waals surface area contributed by atoms with Crippen molar-refractivity contribution >= 4 is 23.4 Å². The van der Waals surface area contributed by atoms with Crippen molar-refractivity contribution in [2.45, 2.75) is 24.3 Å². The van der Waals surface area contributed by atoms with Gasteiger partial charge in [-0.3, -0.25) is 9.69 Å². The van der Waals surface area contributed by atoms with Crippen LogP contribution in [0.25, 0.3) is 0 Å². The average molecular weight is 356 g/mol. The third-order valence-electron chi connectivity index (χ3n) is 4.27. The maximum Gasteiger partial charge on any atom is 0.234 e. The Morgan fingerprint density at radius 3 is 2.40 bits per heavy atom. The molecule has 1 saturated heterocycles. The van der Waals surface area contributed by atoms with Crippen molar-refractivity contribution in [3.8, 4) is 5.75 Å². The number of hydrogen-bond acceptors (Lipinski definition) is 4. The van der Waals surface area contributed by atoms with Crippen LogP contribution in [0.2, 0.25) is 0 Å². The minimum atomic E-state index is 0.00751. The SMILES string of the molecule is COc1ccc(SCC(=O)Nc2ccc(CN3CCCC3)cc2)cc1. The van der Waals surface area contributed by atoms with E-state index in [1.54, 1.807) is 7.11 Å². The molecule has 25 heavy (non-hydrogen) atoms. The summed E-state index contributed by atoms with van der Waals surface area (Å²) in [4.78, 5) is 15.6. The van der Waals surface area contributed by atoms with E-state index >= 15 is 0 Å². The van der Waals surface area contributed by atoms with Crippen molar-refractivity contribution in [1.29, 1.82) is 0 Å². The minimum Gasteiger partial charge on any atom is -0.497 e. The van der Waals surface area contributed by atoms with Gasteiger partial charge in [-0.05, 0) is 67.9 Å². The monoisotopic (exact) mass is 356 g/mol. The van der Waals surface area contributed by atoms with Crippen LogP contribution < -0.4 is 10.1 Å². The lowest BCUT2D eigenvalue weighted by Gasteiger charge is -2.14. The summed E-state index contributed by atoms with van der Waals surface area (Å²) in [6.07, 6.45) is 2.61. The highest BCUT2D eigenvalue weighted by Crippen LogP contribution is 2.21. The number of ether oxygens (including phenoxy) is 1. The number of anilines is 1. The van der Waals surface area contributed by atoms with E-state index in [0.29, 0.717) is 5.75 Å². The van der Waals surface area contributed by atoms with Gasteiger partial charge in [-0.2, -0.15) is 0 Å². The molecule has 0 aliphatic carbocycles. The van der Waals surface area contributed by atoms with Crippen molar-refractivity contribution < 1.29 is 9.53 Å². The van der Waals surface area contributed by atoms with Gasteiger partial charge >= 0.3 is 0 Å². The molecule has 1 heterocycles. The number of likely N-dealkylation sites (tertiary alicyclic amines) is 1. The van der Waals surface area contributed by atoms with E-state index in [9.17, 15) is 4.79 Å². The van der Waals surface area contributed by atoms with E-state index in [4.69, 9.17) is 4.74 Å². The number of methoxy groups -OCH3 is 1.